The van der Waals surface area contributed by atoms with Gasteiger partial charge in [0, 0.05) is 10.8 Å². The van der Waals surface area contributed by atoms with Gasteiger partial charge < -0.3 is 89.7 Å². The number of rotatable bonds is 10. The molecule has 8 aliphatic rings. The summed E-state index contributed by atoms with van der Waals surface area (Å²) >= 11 is 0. The quantitative estimate of drug-likeness (QED) is 0.0979. The van der Waals surface area contributed by atoms with E-state index in [-0.39, 0.29) is 51.4 Å². The third-order valence-corrected chi connectivity index (χ3v) is 19.6. The molecule has 3 aliphatic heterocycles. The highest BCUT2D eigenvalue weighted by molar-refractivity contribution is 5.35. The maximum absolute atomic E-state index is 11.5. The molecule has 66 heavy (non-hydrogen) atoms. The van der Waals surface area contributed by atoms with E-state index in [1.165, 1.54) is 5.57 Å². The Hall–Kier alpha value is -0.980. The lowest BCUT2D eigenvalue weighted by Crippen LogP contribution is -2.68. The zero-order valence-electron chi connectivity index (χ0n) is 39.6. The van der Waals surface area contributed by atoms with Crippen molar-refractivity contribution in [2.75, 3.05) is 26.4 Å². The molecule has 0 aromatic rings. The number of ether oxygens (including phenoxy) is 6. The van der Waals surface area contributed by atoms with Crippen LogP contribution in [-0.2, 0) is 28.4 Å². The van der Waals surface area contributed by atoms with Crippen LogP contribution in [0.25, 0.3) is 0 Å². The average molecular weight is 945 g/mol. The second-order valence-corrected chi connectivity index (χ2v) is 23.6. The van der Waals surface area contributed by atoms with E-state index in [0.29, 0.717) is 19.3 Å². The van der Waals surface area contributed by atoms with E-state index in [1.54, 1.807) is 0 Å². The molecule has 0 amide bonds. The molecule has 25 atom stereocenters. The summed E-state index contributed by atoms with van der Waals surface area (Å²) in [4.78, 5) is 0. The van der Waals surface area contributed by atoms with Gasteiger partial charge in [-0.05, 0) is 97.2 Å². The maximum Gasteiger partial charge on any atom is 0.187 e. The minimum atomic E-state index is -1.82. The molecule has 7 fully saturated rings. The van der Waals surface area contributed by atoms with Crippen LogP contribution in [0.5, 0.6) is 0 Å². The highest BCUT2D eigenvalue weighted by Crippen LogP contribution is 2.76. The van der Waals surface area contributed by atoms with Crippen LogP contribution in [-0.4, -0.2) is 192 Å². The van der Waals surface area contributed by atoms with E-state index in [9.17, 15) is 61.3 Å². The summed E-state index contributed by atoms with van der Waals surface area (Å²) in [5, 5.41) is 128. The van der Waals surface area contributed by atoms with Gasteiger partial charge in [-0.15, -0.1) is 0 Å². The Kier molecular flexibility index (Phi) is 14.2. The number of hydrogen-bond acceptors (Lipinski definition) is 18. The molecule has 0 aromatic carbocycles. The van der Waals surface area contributed by atoms with E-state index in [2.05, 4.69) is 47.6 Å². The van der Waals surface area contributed by atoms with Gasteiger partial charge >= 0.3 is 0 Å². The lowest BCUT2D eigenvalue weighted by molar-refractivity contribution is -0.379. The van der Waals surface area contributed by atoms with Crippen molar-refractivity contribution in [3.05, 3.63) is 11.6 Å². The second kappa shape index (κ2) is 18.3. The number of aliphatic hydroxyl groups excluding tert-OH is 12. The highest BCUT2D eigenvalue weighted by atomic mass is 16.8. The Morgan fingerprint density at radius 2 is 1.06 bits per heavy atom. The van der Waals surface area contributed by atoms with E-state index in [0.717, 1.165) is 38.5 Å². The van der Waals surface area contributed by atoms with Crippen LogP contribution in [0.15, 0.2) is 11.6 Å². The predicted octanol–water partition coefficient (Wildman–Crippen LogP) is -0.415. The summed E-state index contributed by atoms with van der Waals surface area (Å²) in [7, 11) is 0. The van der Waals surface area contributed by atoms with Crippen molar-refractivity contribution in [3.8, 4) is 0 Å². The Bertz CT molecular complexity index is 1750. The molecule has 0 aromatic heterocycles. The van der Waals surface area contributed by atoms with Crippen LogP contribution < -0.4 is 0 Å². The Labute approximate surface area is 387 Å². The van der Waals surface area contributed by atoms with E-state index in [4.69, 9.17) is 28.4 Å². The molecule has 0 spiro atoms. The lowest BCUT2D eigenvalue weighted by atomic mass is 9.33. The molecule has 18 heteroatoms. The summed E-state index contributed by atoms with van der Waals surface area (Å²) in [6.45, 7) is 13.8. The summed E-state index contributed by atoms with van der Waals surface area (Å²) < 4.78 is 37.3. The van der Waals surface area contributed by atoms with Gasteiger partial charge in [-0.1, -0.05) is 60.1 Å². The van der Waals surface area contributed by atoms with Gasteiger partial charge in [0.05, 0.1) is 38.6 Å². The van der Waals surface area contributed by atoms with Gasteiger partial charge in [0.2, 0.25) is 0 Å². The van der Waals surface area contributed by atoms with Crippen LogP contribution >= 0.6 is 0 Å². The van der Waals surface area contributed by atoms with Crippen LogP contribution in [0.3, 0.4) is 0 Å². The van der Waals surface area contributed by atoms with Crippen molar-refractivity contribution in [1.29, 1.82) is 0 Å². The number of allylic oxidation sites excluding steroid dienone is 2. The summed E-state index contributed by atoms with van der Waals surface area (Å²) in [6, 6.07) is 0. The molecule has 380 valence electrons. The molecule has 5 aliphatic carbocycles. The first-order valence-electron chi connectivity index (χ1n) is 24.4. The molecule has 3 saturated heterocycles. The topological polar surface area (TPSA) is 298 Å². The Balaban J connectivity index is 1.09. The molecule has 8 rings (SSSR count). The number of aliphatic hydroxyl groups is 12. The van der Waals surface area contributed by atoms with Gasteiger partial charge in [-0.3, -0.25) is 0 Å². The van der Waals surface area contributed by atoms with Crippen molar-refractivity contribution in [3.63, 3.8) is 0 Å². The highest BCUT2D eigenvalue weighted by Gasteiger charge is 2.71. The fourth-order valence-corrected chi connectivity index (χ4v) is 15.1. The largest absolute Gasteiger partial charge is 0.396 e. The number of fused-ring (bicyclic) bond motifs is 7. The standard InChI is InChI=1S/C48H80O18/c1-43(2)14-15-44(3)23(16-43)22-8-9-28-45(4)12-11-29(64-42-39(36(58)33(55)26(20-51)63-42)66-41-38(60)35(57)32(54)25(19-50)62-41)46(5,21-52)27(45)10-13-47(28,6)48(22,7)17-30(44)65-40-37(59)34(56)31(53)24(18-49)61-40/h8,23-42,49-60H,9-21H2,1-7H3/t23-,24+,25+,26+,27+,28+,29-,30-,31+,32-,33+,34-,35-,36-,37+,38+,39+,40-,41-,42-,44-,45-,46-,47+,48+/m0/s1. The van der Waals surface area contributed by atoms with Crippen molar-refractivity contribution in [2.45, 2.75) is 211 Å². The Morgan fingerprint density at radius 3 is 1.62 bits per heavy atom. The minimum Gasteiger partial charge on any atom is -0.396 e. The van der Waals surface area contributed by atoms with Gasteiger partial charge in [0.1, 0.15) is 73.2 Å². The summed E-state index contributed by atoms with van der Waals surface area (Å²) in [5.74, 6) is 0.212. The van der Waals surface area contributed by atoms with Crippen LogP contribution in [0, 0.1) is 50.2 Å². The van der Waals surface area contributed by atoms with Gasteiger partial charge in [0.15, 0.2) is 18.9 Å². The van der Waals surface area contributed by atoms with Gasteiger partial charge in [-0.25, -0.2) is 0 Å². The Morgan fingerprint density at radius 1 is 0.530 bits per heavy atom. The molecule has 3 heterocycles. The van der Waals surface area contributed by atoms with Crippen molar-refractivity contribution >= 4 is 0 Å². The fourth-order valence-electron chi connectivity index (χ4n) is 15.1. The molecule has 4 saturated carbocycles. The first-order valence-corrected chi connectivity index (χ1v) is 24.4. The van der Waals surface area contributed by atoms with E-state index in [1.807, 2.05) is 6.92 Å². The average Bonchev–Trinajstić information content (AvgIpc) is 3.28. The molecule has 0 radical (unpaired) electrons. The maximum atomic E-state index is 11.5. The van der Waals surface area contributed by atoms with Crippen molar-refractivity contribution < 1.29 is 89.7 Å². The lowest BCUT2D eigenvalue weighted by Gasteiger charge is -2.72. The smallest absolute Gasteiger partial charge is 0.187 e. The van der Waals surface area contributed by atoms with Crippen molar-refractivity contribution in [2.24, 2.45) is 50.2 Å². The normalized spacial score (nSPS) is 56.0. The van der Waals surface area contributed by atoms with Gasteiger partial charge in [-0.2, -0.15) is 0 Å². The molecule has 18 nitrogen and oxygen atoms in total. The summed E-state index contributed by atoms with van der Waals surface area (Å²) in [6.07, 6.45) is -14.5. The zero-order valence-corrected chi connectivity index (χ0v) is 39.6. The van der Waals surface area contributed by atoms with Crippen LogP contribution in [0.1, 0.15) is 106 Å². The molecule has 0 unspecified atom stereocenters. The molecule has 0 bridgehead atoms. The second-order valence-electron chi connectivity index (χ2n) is 23.6. The number of hydrogen-bond donors (Lipinski definition) is 12. The molecular weight excluding hydrogens is 865 g/mol. The first kappa shape index (κ1) is 51.4. The predicted molar refractivity (Wildman–Crippen MR) is 231 cm³/mol. The molecule has 12 N–H and O–H groups in total. The van der Waals surface area contributed by atoms with E-state index < -0.39 is 130 Å². The third-order valence-electron chi connectivity index (χ3n) is 19.6. The molecular formula is C48H80O18. The van der Waals surface area contributed by atoms with Crippen LogP contribution in [0.4, 0.5) is 0 Å². The summed E-state index contributed by atoms with van der Waals surface area (Å²) in [5.41, 5.74) is -0.682. The minimum absolute atomic E-state index is 0.0614. The van der Waals surface area contributed by atoms with Crippen molar-refractivity contribution in [1.82, 2.24) is 0 Å². The SMILES string of the molecule is CC1(C)CC[C@]2(C)[C@@H](O[C@@H]3O[C@H](CO)[C@@H](O)[C@H](O)[C@H]3O)C[C@]3(C)C(=CC[C@@H]4[C@@]5(C)CC[C@H](O[C@@H]6O[C@H](CO)[C@@H](O)[C@H](O)[C@H]6O[C@@H]6O[C@H](CO)[C@H](O)[C@H](O)[C@H]6O)[C@@](C)(CO)[C@@H]5CC[C@]43C)[C@@H]2C1. The van der Waals surface area contributed by atoms with E-state index >= 15 is 0 Å². The van der Waals surface area contributed by atoms with Crippen LogP contribution in [0.2, 0.25) is 0 Å². The third kappa shape index (κ3) is 7.91. The monoisotopic (exact) mass is 945 g/mol. The fraction of sp³-hybridized carbons (Fsp3) is 0.958. The first-order chi connectivity index (χ1) is 30.9. The van der Waals surface area contributed by atoms with Gasteiger partial charge in [0.25, 0.3) is 0 Å². The zero-order chi connectivity index (χ0) is 48.3.